The number of hydrogen-bond donors (Lipinski definition) is 1. The molecule has 1 aromatic heterocycles. The summed E-state index contributed by atoms with van der Waals surface area (Å²) in [7, 11) is 0. The molecule has 0 bridgehead atoms. The number of rotatable bonds is 4. The van der Waals surface area contributed by atoms with Crippen molar-refractivity contribution in [1.82, 2.24) is 14.9 Å². The van der Waals surface area contributed by atoms with Crippen LogP contribution in [-0.2, 0) is 6.42 Å². The Morgan fingerprint density at radius 1 is 1.23 bits per heavy atom. The molecule has 0 radical (unpaired) electrons. The Morgan fingerprint density at radius 3 is 2.92 bits per heavy atom. The number of aromatic nitrogens is 2. The summed E-state index contributed by atoms with van der Waals surface area (Å²) in [5, 5.41) is 0. The van der Waals surface area contributed by atoms with E-state index in [1.54, 1.807) is 18.3 Å². The fraction of sp³-hybridized carbons (Fsp3) is 0.444. The molecule has 0 aliphatic carbocycles. The van der Waals surface area contributed by atoms with Gasteiger partial charge < -0.3 is 20.1 Å². The Kier molecular flexibility index (Phi) is 4.36. The number of anilines is 1. The van der Waals surface area contributed by atoms with Crippen LogP contribution in [0.5, 0.6) is 11.5 Å². The maximum absolute atomic E-state index is 13.1. The van der Waals surface area contributed by atoms with Gasteiger partial charge in [0.25, 0.3) is 0 Å². The quantitative estimate of drug-likeness (QED) is 0.902. The highest BCUT2D eigenvalue weighted by atomic mass is 19.3. The molecule has 4 rings (SSSR count). The van der Waals surface area contributed by atoms with Crippen molar-refractivity contribution in [2.45, 2.75) is 31.5 Å². The molecular formula is C18H20F2N4O2. The van der Waals surface area contributed by atoms with Crippen molar-refractivity contribution in [3.8, 4) is 11.5 Å². The Hall–Kier alpha value is -2.48. The molecule has 138 valence electrons. The third kappa shape index (κ3) is 3.70. The molecule has 0 amide bonds. The third-order valence-corrected chi connectivity index (χ3v) is 4.80. The number of fused-ring (bicyclic) bond motifs is 1. The van der Waals surface area contributed by atoms with Gasteiger partial charge in [0, 0.05) is 25.2 Å². The Labute approximate surface area is 149 Å². The maximum Gasteiger partial charge on any atom is 0.586 e. The van der Waals surface area contributed by atoms with Crippen LogP contribution in [0.4, 0.5) is 14.7 Å². The largest absolute Gasteiger partial charge is 0.586 e. The fourth-order valence-electron chi connectivity index (χ4n) is 3.55. The van der Waals surface area contributed by atoms with E-state index in [9.17, 15) is 8.78 Å². The predicted octanol–water partition coefficient (Wildman–Crippen LogP) is 2.80. The van der Waals surface area contributed by atoms with E-state index in [1.807, 2.05) is 6.07 Å². The van der Waals surface area contributed by atoms with Gasteiger partial charge in [0.2, 0.25) is 5.95 Å². The van der Waals surface area contributed by atoms with E-state index in [1.165, 1.54) is 6.07 Å². The van der Waals surface area contributed by atoms with E-state index in [4.69, 9.17) is 5.73 Å². The smallest absolute Gasteiger partial charge is 0.395 e. The number of halogens is 2. The molecule has 1 saturated heterocycles. The lowest BCUT2D eigenvalue weighted by Crippen LogP contribution is -2.36. The van der Waals surface area contributed by atoms with E-state index in [0.29, 0.717) is 11.9 Å². The summed E-state index contributed by atoms with van der Waals surface area (Å²) in [5.74, 6) is 0.819. The van der Waals surface area contributed by atoms with Crippen LogP contribution in [0.15, 0.2) is 30.5 Å². The predicted molar refractivity (Wildman–Crippen MR) is 91.2 cm³/mol. The van der Waals surface area contributed by atoms with Gasteiger partial charge >= 0.3 is 6.29 Å². The highest BCUT2D eigenvalue weighted by Crippen LogP contribution is 2.41. The molecule has 0 saturated carbocycles. The first-order valence-electron chi connectivity index (χ1n) is 8.68. The van der Waals surface area contributed by atoms with Crippen molar-refractivity contribution >= 4 is 5.95 Å². The molecule has 8 heteroatoms. The van der Waals surface area contributed by atoms with Gasteiger partial charge in [-0.3, -0.25) is 0 Å². The van der Waals surface area contributed by atoms with Gasteiger partial charge in [-0.1, -0.05) is 6.07 Å². The van der Waals surface area contributed by atoms with Crippen LogP contribution in [-0.4, -0.2) is 40.8 Å². The number of nitrogens with two attached hydrogens (primary N) is 1. The molecule has 26 heavy (non-hydrogen) atoms. The van der Waals surface area contributed by atoms with Crippen LogP contribution in [0.25, 0.3) is 0 Å². The minimum atomic E-state index is -3.57. The SMILES string of the molecule is Nc1nccc(C2CCCN(CCc3ccc4c(c3)OC(F)(F)O4)C2)n1. The van der Waals surface area contributed by atoms with E-state index in [2.05, 4.69) is 24.3 Å². The van der Waals surface area contributed by atoms with Gasteiger partial charge in [-0.15, -0.1) is 8.78 Å². The van der Waals surface area contributed by atoms with E-state index in [-0.39, 0.29) is 11.5 Å². The van der Waals surface area contributed by atoms with Gasteiger partial charge in [-0.05, 0) is 49.6 Å². The molecule has 2 aliphatic rings. The van der Waals surface area contributed by atoms with Crippen LogP contribution in [0.2, 0.25) is 0 Å². The molecular weight excluding hydrogens is 342 g/mol. The summed E-state index contributed by atoms with van der Waals surface area (Å²) in [6, 6.07) is 6.88. The second kappa shape index (κ2) is 6.68. The molecule has 2 aromatic rings. The number of benzene rings is 1. The summed E-state index contributed by atoms with van der Waals surface area (Å²) in [5.41, 5.74) is 7.61. The lowest BCUT2D eigenvalue weighted by atomic mass is 9.94. The van der Waals surface area contributed by atoms with Gasteiger partial charge in [-0.2, -0.15) is 0 Å². The molecule has 0 spiro atoms. The Bertz CT molecular complexity index is 803. The number of ether oxygens (including phenoxy) is 2. The molecule has 1 unspecified atom stereocenters. The van der Waals surface area contributed by atoms with Crippen LogP contribution >= 0.6 is 0 Å². The summed E-state index contributed by atoms with van der Waals surface area (Å²) in [6.45, 7) is 2.76. The normalized spacial score (nSPS) is 21.7. The van der Waals surface area contributed by atoms with Gasteiger partial charge in [0.1, 0.15) is 0 Å². The van der Waals surface area contributed by atoms with E-state index >= 15 is 0 Å². The van der Waals surface area contributed by atoms with Crippen LogP contribution < -0.4 is 15.2 Å². The van der Waals surface area contributed by atoms with Gasteiger partial charge in [0.15, 0.2) is 11.5 Å². The molecule has 6 nitrogen and oxygen atoms in total. The Morgan fingerprint density at radius 2 is 2.08 bits per heavy atom. The number of hydrogen-bond acceptors (Lipinski definition) is 6. The highest BCUT2D eigenvalue weighted by Gasteiger charge is 2.43. The van der Waals surface area contributed by atoms with E-state index < -0.39 is 6.29 Å². The highest BCUT2D eigenvalue weighted by molar-refractivity contribution is 5.45. The number of nitrogen functional groups attached to an aromatic ring is 1. The first-order chi connectivity index (χ1) is 12.5. The first-order valence-corrected chi connectivity index (χ1v) is 8.68. The van der Waals surface area contributed by atoms with Crippen LogP contribution in [0.1, 0.15) is 30.0 Å². The number of likely N-dealkylation sites (tertiary alicyclic amines) is 1. The zero-order valence-electron chi connectivity index (χ0n) is 14.2. The minimum Gasteiger partial charge on any atom is -0.395 e. The molecule has 1 fully saturated rings. The maximum atomic E-state index is 13.1. The molecule has 1 aromatic carbocycles. The van der Waals surface area contributed by atoms with Crippen molar-refractivity contribution in [3.05, 3.63) is 41.7 Å². The molecule has 3 heterocycles. The third-order valence-electron chi connectivity index (χ3n) is 4.80. The zero-order chi connectivity index (χ0) is 18.1. The van der Waals surface area contributed by atoms with E-state index in [0.717, 1.165) is 50.2 Å². The van der Waals surface area contributed by atoms with Gasteiger partial charge in [0.05, 0.1) is 5.69 Å². The van der Waals surface area contributed by atoms with Crippen LogP contribution in [0.3, 0.4) is 0 Å². The Balaban J connectivity index is 1.36. The van der Waals surface area contributed by atoms with Crippen molar-refractivity contribution in [3.63, 3.8) is 0 Å². The standard InChI is InChI=1S/C18H20F2N4O2/c19-18(20)25-15-4-3-12(10-16(15)26-18)6-9-24-8-1-2-13(11-24)14-5-7-22-17(21)23-14/h3-5,7,10,13H,1-2,6,8-9,11H2,(H2,21,22,23). The first kappa shape index (κ1) is 17.0. The molecule has 2 aliphatic heterocycles. The summed E-state index contributed by atoms with van der Waals surface area (Å²) < 4.78 is 35.2. The van der Waals surface area contributed by atoms with Crippen LogP contribution in [0, 0.1) is 0 Å². The monoisotopic (exact) mass is 362 g/mol. The van der Waals surface area contributed by atoms with Crippen molar-refractivity contribution in [1.29, 1.82) is 0 Å². The number of piperidine rings is 1. The lowest BCUT2D eigenvalue weighted by molar-refractivity contribution is -0.286. The number of alkyl halides is 2. The van der Waals surface area contributed by atoms with Crippen molar-refractivity contribution in [2.24, 2.45) is 0 Å². The fourth-order valence-corrected chi connectivity index (χ4v) is 3.55. The summed E-state index contributed by atoms with van der Waals surface area (Å²) in [6.07, 6.45) is 1.04. The molecule has 1 atom stereocenters. The zero-order valence-corrected chi connectivity index (χ0v) is 14.2. The minimum absolute atomic E-state index is 0.0816. The average molecular weight is 362 g/mol. The number of nitrogens with zero attached hydrogens (tertiary/aromatic N) is 3. The second-order valence-electron chi connectivity index (χ2n) is 6.68. The average Bonchev–Trinajstić information content (AvgIpc) is 2.93. The summed E-state index contributed by atoms with van der Waals surface area (Å²) >= 11 is 0. The second-order valence-corrected chi connectivity index (χ2v) is 6.68. The van der Waals surface area contributed by atoms with Gasteiger partial charge in [-0.25, -0.2) is 9.97 Å². The lowest BCUT2D eigenvalue weighted by Gasteiger charge is -2.32. The van der Waals surface area contributed by atoms with Crippen molar-refractivity contribution in [2.75, 3.05) is 25.4 Å². The summed E-state index contributed by atoms with van der Waals surface area (Å²) in [4.78, 5) is 10.7. The van der Waals surface area contributed by atoms with Crippen molar-refractivity contribution < 1.29 is 18.3 Å². The molecule has 2 N–H and O–H groups in total. The topological polar surface area (TPSA) is 73.5 Å².